The second-order valence-electron chi connectivity index (χ2n) is 5.24. The number of hydrogen-bond acceptors (Lipinski definition) is 6. The Hall–Kier alpha value is -1.38. The van der Waals surface area contributed by atoms with Gasteiger partial charge in [0.05, 0.1) is 30.1 Å². The molecule has 1 aromatic carbocycles. The molecule has 2 heterocycles. The van der Waals surface area contributed by atoms with Crippen LogP contribution >= 0.6 is 36.2 Å². The van der Waals surface area contributed by atoms with Gasteiger partial charge in [-0.1, -0.05) is 12.1 Å². The lowest BCUT2D eigenvalue weighted by Gasteiger charge is -2.23. The number of nitrogens with zero attached hydrogens (tertiary/aromatic N) is 1. The first-order valence-corrected chi connectivity index (χ1v) is 8.45. The average Bonchev–Trinajstić information content (AvgIpc) is 3.08. The first kappa shape index (κ1) is 21.7. The Labute approximate surface area is 163 Å². The minimum absolute atomic E-state index is 0. The number of hydrogen-bond donors (Lipinski definition) is 2. The lowest BCUT2D eigenvalue weighted by atomic mass is 10.2. The maximum absolute atomic E-state index is 12.2. The van der Waals surface area contributed by atoms with Crippen molar-refractivity contribution in [3.8, 4) is 5.75 Å². The van der Waals surface area contributed by atoms with Crippen molar-refractivity contribution in [3.63, 3.8) is 0 Å². The number of anilines is 1. The number of benzene rings is 1. The third-order valence-corrected chi connectivity index (χ3v) is 4.09. The lowest BCUT2D eigenvalue weighted by molar-refractivity contribution is -0.117. The Morgan fingerprint density at radius 3 is 2.96 bits per heavy atom. The van der Waals surface area contributed by atoms with Gasteiger partial charge in [-0.25, -0.2) is 4.98 Å². The standard InChI is InChI=1S/C16H19N3O3S.2ClH/c20-16(7-12-8-21-6-5-17-12)19-14-3-1-2-4-15(14)22-9-13-10-23-11-18-13;;/h1-4,10-12,17H,5-9H2,(H,19,20);2*1H. The molecule has 25 heavy (non-hydrogen) atoms. The number of amides is 1. The monoisotopic (exact) mass is 405 g/mol. The van der Waals surface area contributed by atoms with Gasteiger partial charge in [0.1, 0.15) is 12.4 Å². The smallest absolute Gasteiger partial charge is 0.226 e. The van der Waals surface area contributed by atoms with E-state index in [4.69, 9.17) is 9.47 Å². The molecule has 0 bridgehead atoms. The summed E-state index contributed by atoms with van der Waals surface area (Å²) in [5.74, 6) is 0.583. The summed E-state index contributed by atoms with van der Waals surface area (Å²) < 4.78 is 11.1. The highest BCUT2D eigenvalue weighted by molar-refractivity contribution is 7.07. The van der Waals surface area contributed by atoms with Crippen LogP contribution < -0.4 is 15.4 Å². The van der Waals surface area contributed by atoms with Gasteiger partial charge >= 0.3 is 0 Å². The number of thiazole rings is 1. The summed E-state index contributed by atoms with van der Waals surface area (Å²) in [5, 5.41) is 8.12. The van der Waals surface area contributed by atoms with Crippen LogP contribution in [0, 0.1) is 0 Å². The van der Waals surface area contributed by atoms with Crippen LogP contribution in [-0.2, 0) is 16.1 Å². The van der Waals surface area contributed by atoms with Crippen LogP contribution in [0.4, 0.5) is 5.69 Å². The Bertz CT molecular complexity index is 637. The number of aromatic nitrogens is 1. The van der Waals surface area contributed by atoms with Crippen molar-refractivity contribution in [1.82, 2.24) is 10.3 Å². The zero-order valence-electron chi connectivity index (χ0n) is 13.5. The van der Waals surface area contributed by atoms with Crippen molar-refractivity contribution in [2.45, 2.75) is 19.1 Å². The van der Waals surface area contributed by atoms with Gasteiger partial charge in [0.2, 0.25) is 5.91 Å². The molecular formula is C16H21Cl2N3O3S. The van der Waals surface area contributed by atoms with Crippen molar-refractivity contribution in [2.24, 2.45) is 0 Å². The minimum Gasteiger partial charge on any atom is -0.485 e. The number of morpholine rings is 1. The third-order valence-electron chi connectivity index (χ3n) is 3.45. The van der Waals surface area contributed by atoms with Crippen molar-refractivity contribution in [3.05, 3.63) is 40.8 Å². The zero-order valence-corrected chi connectivity index (χ0v) is 15.9. The van der Waals surface area contributed by atoms with Crippen molar-refractivity contribution in [1.29, 1.82) is 0 Å². The Kier molecular flexibility index (Phi) is 9.77. The average molecular weight is 406 g/mol. The molecule has 9 heteroatoms. The summed E-state index contributed by atoms with van der Waals surface area (Å²) in [6, 6.07) is 7.48. The van der Waals surface area contributed by atoms with E-state index in [1.807, 2.05) is 29.6 Å². The van der Waals surface area contributed by atoms with Gasteiger partial charge in [-0.3, -0.25) is 4.79 Å². The summed E-state index contributed by atoms with van der Waals surface area (Å²) in [5.41, 5.74) is 3.31. The summed E-state index contributed by atoms with van der Waals surface area (Å²) in [7, 11) is 0. The van der Waals surface area contributed by atoms with Crippen molar-refractivity contribution >= 4 is 47.7 Å². The molecule has 1 unspecified atom stereocenters. The molecule has 1 aliphatic rings. The van der Waals surface area contributed by atoms with Crippen molar-refractivity contribution < 1.29 is 14.3 Å². The third kappa shape index (κ3) is 6.80. The van der Waals surface area contributed by atoms with Gasteiger partial charge in [-0.15, -0.1) is 36.2 Å². The highest BCUT2D eigenvalue weighted by Crippen LogP contribution is 2.25. The fourth-order valence-corrected chi connectivity index (χ4v) is 2.88. The SMILES string of the molecule is Cl.Cl.O=C(CC1COCCN1)Nc1ccccc1OCc1cscn1. The van der Waals surface area contributed by atoms with Gasteiger partial charge in [0.25, 0.3) is 0 Å². The Morgan fingerprint density at radius 2 is 2.24 bits per heavy atom. The molecule has 0 aliphatic carbocycles. The highest BCUT2D eigenvalue weighted by atomic mass is 35.5. The predicted molar refractivity (Wildman–Crippen MR) is 103 cm³/mol. The summed E-state index contributed by atoms with van der Waals surface area (Å²) in [4.78, 5) is 16.4. The topological polar surface area (TPSA) is 72.5 Å². The van der Waals surface area contributed by atoms with E-state index in [1.165, 1.54) is 11.3 Å². The maximum Gasteiger partial charge on any atom is 0.226 e. The van der Waals surface area contributed by atoms with Crippen LogP contribution in [-0.4, -0.2) is 36.7 Å². The van der Waals surface area contributed by atoms with Crippen LogP contribution in [0.25, 0.3) is 0 Å². The largest absolute Gasteiger partial charge is 0.485 e. The highest BCUT2D eigenvalue weighted by Gasteiger charge is 2.17. The molecule has 1 fully saturated rings. The molecule has 0 spiro atoms. The normalized spacial score (nSPS) is 16.2. The van der Waals surface area contributed by atoms with E-state index < -0.39 is 0 Å². The van der Waals surface area contributed by atoms with Crippen LogP contribution in [0.15, 0.2) is 35.2 Å². The number of nitrogens with one attached hydrogen (secondary N) is 2. The van der Waals surface area contributed by atoms with E-state index in [-0.39, 0.29) is 36.8 Å². The van der Waals surface area contributed by atoms with Gasteiger partial charge in [0.15, 0.2) is 0 Å². The molecule has 0 saturated carbocycles. The molecule has 1 aromatic heterocycles. The van der Waals surface area contributed by atoms with Crippen LogP contribution in [0.3, 0.4) is 0 Å². The summed E-state index contributed by atoms with van der Waals surface area (Å²) in [6.07, 6.45) is 0.375. The Balaban J connectivity index is 0.00000156. The van der Waals surface area contributed by atoms with E-state index >= 15 is 0 Å². The number of carbonyl (C=O) groups is 1. The molecule has 1 amide bonds. The van der Waals surface area contributed by atoms with Gasteiger partial charge < -0.3 is 20.1 Å². The molecule has 3 rings (SSSR count). The fourth-order valence-electron chi connectivity index (χ4n) is 2.33. The van der Waals surface area contributed by atoms with E-state index in [1.54, 1.807) is 5.51 Å². The second-order valence-corrected chi connectivity index (χ2v) is 5.96. The van der Waals surface area contributed by atoms with Gasteiger partial charge in [0, 0.05) is 24.4 Å². The van der Waals surface area contributed by atoms with Crippen molar-refractivity contribution in [2.75, 3.05) is 25.1 Å². The number of rotatable bonds is 6. The number of halogens is 2. The fraction of sp³-hybridized carbons (Fsp3) is 0.375. The van der Waals surface area contributed by atoms with E-state index in [9.17, 15) is 4.79 Å². The number of para-hydroxylation sites is 2. The zero-order chi connectivity index (χ0) is 15.9. The number of ether oxygens (including phenoxy) is 2. The summed E-state index contributed by atoms with van der Waals surface area (Å²) >= 11 is 1.53. The maximum atomic E-state index is 12.2. The molecule has 6 nitrogen and oxygen atoms in total. The lowest BCUT2D eigenvalue weighted by Crippen LogP contribution is -2.43. The first-order valence-electron chi connectivity index (χ1n) is 7.51. The molecule has 138 valence electrons. The number of carbonyl (C=O) groups excluding carboxylic acids is 1. The second kappa shape index (κ2) is 11.3. The van der Waals surface area contributed by atoms with Gasteiger partial charge in [-0.05, 0) is 12.1 Å². The first-order chi connectivity index (χ1) is 11.3. The Morgan fingerprint density at radius 1 is 1.40 bits per heavy atom. The molecule has 1 saturated heterocycles. The summed E-state index contributed by atoms with van der Waals surface area (Å²) in [6.45, 7) is 2.43. The quantitative estimate of drug-likeness (QED) is 0.772. The molecule has 1 aliphatic heterocycles. The molecule has 2 aromatic rings. The van der Waals surface area contributed by atoms with Crippen LogP contribution in [0.5, 0.6) is 5.75 Å². The minimum atomic E-state index is -0.0577. The van der Waals surface area contributed by atoms with E-state index in [0.717, 1.165) is 12.2 Å². The predicted octanol–water partition coefficient (Wildman–Crippen LogP) is 2.88. The molecule has 2 N–H and O–H groups in total. The van der Waals surface area contributed by atoms with E-state index in [0.29, 0.717) is 37.7 Å². The molecular weight excluding hydrogens is 385 g/mol. The van der Waals surface area contributed by atoms with Crippen LogP contribution in [0.1, 0.15) is 12.1 Å². The van der Waals surface area contributed by atoms with E-state index in [2.05, 4.69) is 15.6 Å². The molecule has 1 atom stereocenters. The molecule has 0 radical (unpaired) electrons. The van der Waals surface area contributed by atoms with Gasteiger partial charge in [-0.2, -0.15) is 0 Å². The van der Waals surface area contributed by atoms with Crippen LogP contribution in [0.2, 0.25) is 0 Å².